The molecule has 2 saturated heterocycles. The van der Waals surface area contributed by atoms with Crippen molar-refractivity contribution in [1.82, 2.24) is 9.80 Å². The van der Waals surface area contributed by atoms with Crippen LogP contribution in [0, 0.1) is 0 Å². The van der Waals surface area contributed by atoms with Crippen LogP contribution in [0.3, 0.4) is 0 Å². The number of ether oxygens (including phenoxy) is 2. The molecule has 0 atom stereocenters. The standard InChI is InChI=1S/C39H54N2O3.2ClH/c42-39-35(31-33-13-19-37(20-14-33)43-29-11-9-27-40-23-5-1-2-6-24-40)17-18-36(39)32-34-15-21-38(22-16-34)44-30-12-10-28-41-25-7-3-4-8-26-41;;/h13-16,19-22,31-32H,1-12,17-18,23-30H2;2*1H/b35-31+,36-32+;;. The number of ketones is 1. The normalized spacial score (nSPS) is 19.7. The van der Waals surface area contributed by atoms with Crippen LogP contribution >= 0.6 is 24.8 Å². The minimum atomic E-state index is 0. The van der Waals surface area contributed by atoms with E-state index in [1.165, 1.54) is 103 Å². The summed E-state index contributed by atoms with van der Waals surface area (Å²) < 4.78 is 12.0. The third kappa shape index (κ3) is 13.1. The van der Waals surface area contributed by atoms with Crippen molar-refractivity contribution >= 4 is 42.7 Å². The monoisotopic (exact) mass is 670 g/mol. The molecule has 0 unspecified atom stereocenters. The van der Waals surface area contributed by atoms with Gasteiger partial charge in [0.05, 0.1) is 13.2 Å². The topological polar surface area (TPSA) is 42.0 Å². The molecule has 254 valence electrons. The maximum absolute atomic E-state index is 13.1. The summed E-state index contributed by atoms with van der Waals surface area (Å²) in [5.41, 5.74) is 3.88. The Morgan fingerprint density at radius 3 is 1.26 bits per heavy atom. The molecule has 2 aromatic rings. The first-order chi connectivity index (χ1) is 21.7. The number of benzene rings is 2. The molecule has 2 aliphatic heterocycles. The molecule has 1 saturated carbocycles. The van der Waals surface area contributed by atoms with Crippen LogP contribution in [0.1, 0.15) is 101 Å². The maximum atomic E-state index is 13.1. The quantitative estimate of drug-likeness (QED) is 0.148. The molecule has 2 aromatic carbocycles. The molecule has 3 fully saturated rings. The van der Waals surface area contributed by atoms with Crippen LogP contribution in [0.4, 0.5) is 0 Å². The Hall–Kier alpha value is -2.31. The van der Waals surface area contributed by atoms with Crippen molar-refractivity contribution in [3.63, 3.8) is 0 Å². The molecular weight excluding hydrogens is 615 g/mol. The molecule has 0 bridgehead atoms. The molecule has 5 nitrogen and oxygen atoms in total. The first-order valence-electron chi connectivity index (χ1n) is 17.6. The smallest absolute Gasteiger partial charge is 0.185 e. The van der Waals surface area contributed by atoms with Gasteiger partial charge in [0.25, 0.3) is 0 Å². The third-order valence-electron chi connectivity index (χ3n) is 9.36. The molecule has 0 aromatic heterocycles. The summed E-state index contributed by atoms with van der Waals surface area (Å²) >= 11 is 0. The highest BCUT2D eigenvalue weighted by atomic mass is 35.5. The SMILES string of the molecule is Cl.Cl.O=C1/C(=C/c2ccc(OCCCCN3CCCCCC3)cc2)CC/C1=C\c1ccc(OCCCCN2CCCCCC2)cc1. The van der Waals surface area contributed by atoms with E-state index in [0.717, 1.165) is 72.7 Å². The maximum Gasteiger partial charge on any atom is 0.185 e. The second kappa shape index (κ2) is 21.5. The van der Waals surface area contributed by atoms with E-state index in [4.69, 9.17) is 9.47 Å². The molecule has 1 aliphatic carbocycles. The third-order valence-corrected chi connectivity index (χ3v) is 9.36. The van der Waals surface area contributed by atoms with Gasteiger partial charge in [-0.15, -0.1) is 24.8 Å². The highest BCUT2D eigenvalue weighted by Crippen LogP contribution is 2.30. The zero-order valence-corrected chi connectivity index (χ0v) is 29.4. The minimum absolute atomic E-state index is 0. The number of allylic oxidation sites excluding steroid dienone is 2. The molecule has 0 N–H and O–H groups in total. The summed E-state index contributed by atoms with van der Waals surface area (Å²) in [6.07, 6.45) is 21.2. The van der Waals surface area contributed by atoms with E-state index >= 15 is 0 Å². The lowest BCUT2D eigenvalue weighted by Crippen LogP contribution is -2.25. The van der Waals surface area contributed by atoms with Gasteiger partial charge in [0.2, 0.25) is 0 Å². The summed E-state index contributed by atoms with van der Waals surface area (Å²) in [4.78, 5) is 18.4. The molecule has 0 amide bonds. The zero-order valence-electron chi connectivity index (χ0n) is 27.8. The highest BCUT2D eigenvalue weighted by molar-refractivity contribution is 6.15. The number of Topliss-reactive ketones (excluding diaryl/α,β-unsaturated/α-hetero) is 1. The Labute approximate surface area is 290 Å². The Bertz CT molecular complexity index is 1100. The predicted molar refractivity (Wildman–Crippen MR) is 197 cm³/mol. The van der Waals surface area contributed by atoms with Crippen molar-refractivity contribution in [3.8, 4) is 11.5 Å². The molecule has 46 heavy (non-hydrogen) atoms. The van der Waals surface area contributed by atoms with E-state index in [1.54, 1.807) is 0 Å². The van der Waals surface area contributed by atoms with Gasteiger partial charge < -0.3 is 19.3 Å². The lowest BCUT2D eigenvalue weighted by atomic mass is 10.1. The zero-order chi connectivity index (χ0) is 30.2. The fraction of sp³-hybridized carbons (Fsp3) is 0.564. The van der Waals surface area contributed by atoms with Crippen molar-refractivity contribution in [2.24, 2.45) is 0 Å². The Balaban J connectivity index is 0.00000288. The first kappa shape index (κ1) is 38.1. The molecule has 7 heteroatoms. The largest absolute Gasteiger partial charge is 0.494 e. The van der Waals surface area contributed by atoms with Crippen LogP contribution in [-0.2, 0) is 4.79 Å². The average molecular weight is 672 g/mol. The molecule has 0 spiro atoms. The number of hydrogen-bond donors (Lipinski definition) is 0. The number of carbonyl (C=O) groups is 1. The predicted octanol–water partition coefficient (Wildman–Crippen LogP) is 9.43. The van der Waals surface area contributed by atoms with Crippen molar-refractivity contribution < 1.29 is 14.3 Å². The van der Waals surface area contributed by atoms with Crippen LogP contribution in [0.25, 0.3) is 12.2 Å². The van der Waals surface area contributed by atoms with Gasteiger partial charge in [0.1, 0.15) is 11.5 Å². The van der Waals surface area contributed by atoms with E-state index in [0.29, 0.717) is 0 Å². The summed E-state index contributed by atoms with van der Waals surface area (Å²) in [5.74, 6) is 1.97. The van der Waals surface area contributed by atoms with Gasteiger partial charge in [0.15, 0.2) is 5.78 Å². The van der Waals surface area contributed by atoms with Crippen molar-refractivity contribution in [2.45, 2.75) is 89.9 Å². The number of halogens is 2. The molecule has 2 heterocycles. The van der Waals surface area contributed by atoms with Crippen molar-refractivity contribution in [2.75, 3.05) is 52.5 Å². The Kier molecular flexibility index (Phi) is 17.9. The summed E-state index contributed by atoms with van der Waals surface area (Å²) in [5, 5.41) is 0. The van der Waals surface area contributed by atoms with E-state index in [9.17, 15) is 4.79 Å². The molecule has 3 aliphatic rings. The fourth-order valence-corrected chi connectivity index (χ4v) is 6.68. The van der Waals surface area contributed by atoms with Crippen molar-refractivity contribution in [3.05, 3.63) is 70.8 Å². The highest BCUT2D eigenvalue weighted by Gasteiger charge is 2.23. The van der Waals surface area contributed by atoms with Gasteiger partial charge in [-0.2, -0.15) is 0 Å². The second-order valence-corrected chi connectivity index (χ2v) is 12.9. The van der Waals surface area contributed by atoms with Gasteiger partial charge in [-0.3, -0.25) is 4.79 Å². The summed E-state index contributed by atoms with van der Waals surface area (Å²) in [7, 11) is 0. The Morgan fingerprint density at radius 1 is 0.522 bits per heavy atom. The number of carbonyl (C=O) groups excluding carboxylic acids is 1. The van der Waals surface area contributed by atoms with Gasteiger partial charge in [-0.05, 0) is 151 Å². The van der Waals surface area contributed by atoms with Crippen LogP contribution < -0.4 is 9.47 Å². The van der Waals surface area contributed by atoms with E-state index in [-0.39, 0.29) is 30.6 Å². The van der Waals surface area contributed by atoms with Crippen LogP contribution in [-0.4, -0.2) is 68.1 Å². The first-order valence-corrected chi connectivity index (χ1v) is 17.6. The average Bonchev–Trinajstić information content (AvgIpc) is 3.28. The van der Waals surface area contributed by atoms with Gasteiger partial charge in [-0.1, -0.05) is 49.9 Å². The lowest BCUT2D eigenvalue weighted by molar-refractivity contribution is -0.111. The molecule has 5 rings (SSSR count). The van der Waals surface area contributed by atoms with Gasteiger partial charge >= 0.3 is 0 Å². The number of unbranched alkanes of at least 4 members (excludes halogenated alkanes) is 2. The number of rotatable bonds is 14. The lowest BCUT2D eigenvalue weighted by Gasteiger charge is -2.19. The molecule has 0 radical (unpaired) electrons. The number of likely N-dealkylation sites (tertiary alicyclic amines) is 2. The summed E-state index contributed by atoms with van der Waals surface area (Å²) in [6, 6.07) is 16.3. The molecular formula is C39H56Cl2N2O3. The van der Waals surface area contributed by atoms with Crippen LogP contribution in [0.2, 0.25) is 0 Å². The van der Waals surface area contributed by atoms with Crippen LogP contribution in [0.5, 0.6) is 11.5 Å². The number of nitrogens with zero attached hydrogens (tertiary/aromatic N) is 2. The van der Waals surface area contributed by atoms with E-state index < -0.39 is 0 Å². The van der Waals surface area contributed by atoms with Gasteiger partial charge in [0, 0.05) is 11.1 Å². The minimum Gasteiger partial charge on any atom is -0.494 e. The van der Waals surface area contributed by atoms with Gasteiger partial charge in [-0.25, -0.2) is 0 Å². The van der Waals surface area contributed by atoms with E-state index in [1.807, 2.05) is 36.4 Å². The second-order valence-electron chi connectivity index (χ2n) is 12.9. The summed E-state index contributed by atoms with van der Waals surface area (Å²) in [6.45, 7) is 8.95. The van der Waals surface area contributed by atoms with Crippen LogP contribution in [0.15, 0.2) is 59.7 Å². The van der Waals surface area contributed by atoms with Crippen molar-refractivity contribution in [1.29, 1.82) is 0 Å². The fourth-order valence-electron chi connectivity index (χ4n) is 6.68. The Morgan fingerprint density at radius 2 is 0.891 bits per heavy atom. The number of hydrogen-bond acceptors (Lipinski definition) is 5. The van der Waals surface area contributed by atoms with E-state index in [2.05, 4.69) is 34.1 Å².